The standard InChI is InChI=1S/C22H19N3O5/c1-29-18-6-4-17(5-7-18)22-13-15-3-2-9-25(28)19(15)21(27)24(22)11-10-23(22)20(26)16-8-12-30-14-16/h2-9,12,14H,10-11,13H2,1H3. The van der Waals surface area contributed by atoms with Crippen molar-refractivity contribution >= 4 is 11.8 Å². The number of aromatic nitrogens is 1. The molecule has 8 nitrogen and oxygen atoms in total. The van der Waals surface area contributed by atoms with Gasteiger partial charge in [-0.2, -0.15) is 4.73 Å². The number of rotatable bonds is 3. The third-order valence-corrected chi connectivity index (χ3v) is 5.93. The molecular weight excluding hydrogens is 386 g/mol. The van der Waals surface area contributed by atoms with Crippen LogP contribution >= 0.6 is 0 Å². The molecule has 8 heteroatoms. The quantitative estimate of drug-likeness (QED) is 0.491. The van der Waals surface area contributed by atoms with Gasteiger partial charge in [0.1, 0.15) is 17.7 Å². The van der Waals surface area contributed by atoms with E-state index in [0.29, 0.717) is 41.1 Å². The molecule has 5 rings (SSSR count). The van der Waals surface area contributed by atoms with E-state index in [4.69, 9.17) is 9.15 Å². The zero-order chi connectivity index (χ0) is 20.9. The molecule has 2 aliphatic rings. The summed E-state index contributed by atoms with van der Waals surface area (Å²) in [6, 6.07) is 12.3. The maximum atomic E-state index is 13.4. The van der Waals surface area contributed by atoms with Gasteiger partial charge in [-0.3, -0.25) is 9.59 Å². The molecule has 4 heterocycles. The molecule has 2 aromatic heterocycles. The lowest BCUT2D eigenvalue weighted by Gasteiger charge is -2.46. The van der Waals surface area contributed by atoms with Crippen LogP contribution in [0.2, 0.25) is 0 Å². The SMILES string of the molecule is COc1ccc(C23Cc4ccc[n+]([O-])c4C(=O)N2CCN3C(=O)c2ccoc2)cc1. The normalized spacial score (nSPS) is 20.1. The van der Waals surface area contributed by atoms with Crippen molar-refractivity contribution in [3.05, 3.63) is 88.8 Å². The topological polar surface area (TPSA) is 89.9 Å². The Balaban J connectivity index is 1.71. The summed E-state index contributed by atoms with van der Waals surface area (Å²) >= 11 is 0. The van der Waals surface area contributed by atoms with Gasteiger partial charge in [0.15, 0.2) is 6.20 Å². The highest BCUT2D eigenvalue weighted by atomic mass is 16.5. The zero-order valence-corrected chi connectivity index (χ0v) is 16.3. The molecule has 0 N–H and O–H groups in total. The van der Waals surface area contributed by atoms with E-state index in [9.17, 15) is 14.8 Å². The molecule has 0 bridgehead atoms. The van der Waals surface area contributed by atoms with E-state index in [0.717, 1.165) is 5.56 Å². The Morgan fingerprint density at radius 1 is 1.20 bits per heavy atom. The second kappa shape index (κ2) is 6.62. The van der Waals surface area contributed by atoms with Crippen LogP contribution < -0.4 is 9.47 Å². The highest BCUT2D eigenvalue weighted by molar-refractivity contribution is 5.98. The molecule has 1 unspecified atom stereocenters. The predicted octanol–water partition coefficient (Wildman–Crippen LogP) is 1.93. The maximum absolute atomic E-state index is 13.4. The van der Waals surface area contributed by atoms with Crippen LogP contribution in [0.1, 0.15) is 32.0 Å². The molecule has 0 aliphatic carbocycles. The summed E-state index contributed by atoms with van der Waals surface area (Å²) in [5, 5.41) is 12.3. The van der Waals surface area contributed by atoms with Crippen LogP contribution in [0.15, 0.2) is 65.6 Å². The number of furan rings is 1. The van der Waals surface area contributed by atoms with Gasteiger partial charge in [-0.25, -0.2) is 0 Å². The molecule has 152 valence electrons. The molecule has 2 aliphatic heterocycles. The first-order valence-electron chi connectivity index (χ1n) is 9.58. The van der Waals surface area contributed by atoms with Crippen LogP contribution in [0.4, 0.5) is 0 Å². The monoisotopic (exact) mass is 405 g/mol. The van der Waals surface area contributed by atoms with Crippen molar-refractivity contribution in [2.75, 3.05) is 20.2 Å². The van der Waals surface area contributed by atoms with E-state index in [1.807, 2.05) is 12.1 Å². The van der Waals surface area contributed by atoms with Gasteiger partial charge in [0.2, 0.25) is 0 Å². The van der Waals surface area contributed by atoms with Crippen molar-refractivity contribution in [3.63, 3.8) is 0 Å². The smallest absolute Gasteiger partial charge is 0.322 e. The minimum atomic E-state index is -1.04. The van der Waals surface area contributed by atoms with E-state index in [2.05, 4.69) is 0 Å². The van der Waals surface area contributed by atoms with Crippen LogP contribution in [-0.4, -0.2) is 41.8 Å². The number of ether oxygens (including phenoxy) is 1. The molecular formula is C22H19N3O5. The number of hydrogen-bond donors (Lipinski definition) is 0. The van der Waals surface area contributed by atoms with Crippen molar-refractivity contribution in [2.45, 2.75) is 12.1 Å². The Morgan fingerprint density at radius 3 is 2.70 bits per heavy atom. The Labute approximate surface area is 172 Å². The highest BCUT2D eigenvalue weighted by Gasteiger charge is 2.57. The summed E-state index contributed by atoms with van der Waals surface area (Å²) in [5.41, 5.74) is 0.864. The molecule has 3 aromatic rings. The van der Waals surface area contributed by atoms with E-state index < -0.39 is 5.66 Å². The fourth-order valence-corrected chi connectivity index (χ4v) is 4.56. The summed E-state index contributed by atoms with van der Waals surface area (Å²) in [6.45, 7) is 0.664. The Morgan fingerprint density at radius 2 is 2.00 bits per heavy atom. The molecule has 0 spiro atoms. The van der Waals surface area contributed by atoms with Crippen molar-refractivity contribution < 1.29 is 23.5 Å². The minimum absolute atomic E-state index is 0.110. The largest absolute Gasteiger partial charge is 0.618 e. The number of amides is 2. The first kappa shape index (κ1) is 18.2. The first-order chi connectivity index (χ1) is 14.6. The summed E-state index contributed by atoms with van der Waals surface area (Å²) in [4.78, 5) is 30.1. The summed E-state index contributed by atoms with van der Waals surface area (Å²) < 4.78 is 11.0. The van der Waals surface area contributed by atoms with E-state index in [1.54, 1.807) is 47.2 Å². The maximum Gasteiger partial charge on any atom is 0.322 e. The van der Waals surface area contributed by atoms with Gasteiger partial charge in [-0.05, 0) is 29.8 Å². The van der Waals surface area contributed by atoms with Crippen molar-refractivity contribution in [3.8, 4) is 5.75 Å². The molecule has 1 saturated heterocycles. The third-order valence-electron chi connectivity index (χ3n) is 5.93. The number of carbonyl (C=O) groups is 2. The van der Waals surface area contributed by atoms with Gasteiger partial charge in [0, 0.05) is 31.1 Å². The Bertz CT molecular complexity index is 1130. The fourth-order valence-electron chi connectivity index (χ4n) is 4.56. The number of methoxy groups -OCH3 is 1. The molecule has 2 amide bonds. The van der Waals surface area contributed by atoms with Crippen LogP contribution in [0.25, 0.3) is 0 Å². The van der Waals surface area contributed by atoms with Gasteiger partial charge in [-0.15, -0.1) is 0 Å². The number of carbonyl (C=O) groups excluding carboxylic acids is 2. The van der Waals surface area contributed by atoms with E-state index in [-0.39, 0.29) is 17.5 Å². The molecule has 30 heavy (non-hydrogen) atoms. The lowest BCUT2D eigenvalue weighted by Crippen LogP contribution is -2.60. The van der Waals surface area contributed by atoms with Crippen LogP contribution in [0.3, 0.4) is 0 Å². The lowest BCUT2D eigenvalue weighted by atomic mass is 9.85. The summed E-state index contributed by atoms with van der Waals surface area (Å²) in [6.07, 6.45) is 4.48. The van der Waals surface area contributed by atoms with Gasteiger partial charge < -0.3 is 24.2 Å². The second-order valence-corrected chi connectivity index (χ2v) is 7.36. The van der Waals surface area contributed by atoms with Gasteiger partial charge in [0.25, 0.3) is 11.6 Å². The fraction of sp³-hybridized carbons (Fsp3) is 0.227. The van der Waals surface area contributed by atoms with Gasteiger partial charge >= 0.3 is 5.91 Å². The number of fused-ring (bicyclic) bond motifs is 2. The third kappa shape index (κ3) is 2.43. The number of hydrogen-bond acceptors (Lipinski definition) is 5. The van der Waals surface area contributed by atoms with Crippen molar-refractivity contribution in [1.29, 1.82) is 0 Å². The molecule has 0 radical (unpaired) electrons. The zero-order valence-electron chi connectivity index (χ0n) is 16.3. The minimum Gasteiger partial charge on any atom is -0.618 e. The van der Waals surface area contributed by atoms with Crippen LogP contribution in [-0.2, 0) is 12.1 Å². The predicted molar refractivity (Wildman–Crippen MR) is 105 cm³/mol. The van der Waals surface area contributed by atoms with E-state index >= 15 is 0 Å². The second-order valence-electron chi connectivity index (χ2n) is 7.36. The lowest BCUT2D eigenvalue weighted by molar-refractivity contribution is -0.609. The average molecular weight is 405 g/mol. The van der Waals surface area contributed by atoms with Crippen LogP contribution in [0.5, 0.6) is 5.75 Å². The molecule has 1 fully saturated rings. The first-order valence-corrected chi connectivity index (χ1v) is 9.58. The van der Waals surface area contributed by atoms with E-state index in [1.165, 1.54) is 18.7 Å². The highest BCUT2D eigenvalue weighted by Crippen LogP contribution is 2.45. The number of nitrogens with zero attached hydrogens (tertiary/aromatic N) is 3. The van der Waals surface area contributed by atoms with Crippen molar-refractivity contribution in [1.82, 2.24) is 9.80 Å². The Hall–Kier alpha value is -3.81. The van der Waals surface area contributed by atoms with Crippen LogP contribution in [0, 0.1) is 5.21 Å². The number of benzene rings is 1. The van der Waals surface area contributed by atoms with Gasteiger partial charge in [0.05, 0.1) is 18.9 Å². The molecule has 0 saturated carbocycles. The Kier molecular flexibility index (Phi) is 4.02. The number of pyridine rings is 1. The molecule has 1 aromatic carbocycles. The summed E-state index contributed by atoms with van der Waals surface area (Å²) in [5.74, 6) is 0.0572. The van der Waals surface area contributed by atoms with Crippen molar-refractivity contribution in [2.24, 2.45) is 0 Å². The van der Waals surface area contributed by atoms with Gasteiger partial charge in [-0.1, -0.05) is 12.1 Å². The summed E-state index contributed by atoms with van der Waals surface area (Å²) in [7, 11) is 1.58. The molecule has 1 atom stereocenters. The average Bonchev–Trinajstić information content (AvgIpc) is 3.42.